The Bertz CT molecular complexity index is 1470. The van der Waals surface area contributed by atoms with Gasteiger partial charge in [-0.15, -0.1) is 0 Å². The lowest BCUT2D eigenvalue weighted by Crippen LogP contribution is -2.20. The number of carbonyl (C=O) groups excluding carboxylic acids is 1. The van der Waals surface area contributed by atoms with Gasteiger partial charge in [-0.3, -0.25) is 9.36 Å². The van der Waals surface area contributed by atoms with Crippen LogP contribution in [-0.4, -0.2) is 25.5 Å². The summed E-state index contributed by atoms with van der Waals surface area (Å²) in [6.07, 6.45) is 5.75. The molecule has 5 nitrogen and oxygen atoms in total. The number of hydrogen-bond acceptors (Lipinski definition) is 5. The number of thiazole rings is 1. The van der Waals surface area contributed by atoms with Gasteiger partial charge in [0, 0.05) is 16.5 Å². The average Bonchev–Trinajstić information content (AvgIpc) is 3.57. The fourth-order valence-electron chi connectivity index (χ4n) is 5.13. The fourth-order valence-corrected chi connectivity index (χ4v) is 6.38. The Labute approximate surface area is 197 Å². The molecule has 1 fully saturated rings. The van der Waals surface area contributed by atoms with Crippen LogP contribution in [0.2, 0.25) is 5.02 Å². The molecule has 1 saturated carbocycles. The lowest BCUT2D eigenvalue weighted by atomic mass is 9.85. The van der Waals surface area contributed by atoms with E-state index in [2.05, 4.69) is 11.1 Å². The molecule has 0 radical (unpaired) electrons. The van der Waals surface area contributed by atoms with Crippen molar-refractivity contribution in [3.8, 4) is 28.0 Å². The predicted molar refractivity (Wildman–Crippen MR) is 126 cm³/mol. The first-order valence-electron chi connectivity index (χ1n) is 10.6. The molecule has 0 amide bonds. The number of aromatic nitrogens is 2. The Morgan fingerprint density at radius 2 is 1.97 bits per heavy atom. The minimum atomic E-state index is -0.567. The van der Waals surface area contributed by atoms with Gasteiger partial charge in [-0.05, 0) is 55.0 Å². The first-order valence-corrected chi connectivity index (χ1v) is 11.8. The Balaban J connectivity index is 1.61. The van der Waals surface area contributed by atoms with E-state index >= 15 is 4.39 Å². The Morgan fingerprint density at radius 1 is 1.15 bits per heavy atom. The van der Waals surface area contributed by atoms with Crippen LogP contribution >= 0.6 is 22.9 Å². The lowest BCUT2D eigenvalue weighted by molar-refractivity contribution is 0.0899. The maximum absolute atomic E-state index is 15.0. The van der Waals surface area contributed by atoms with Crippen molar-refractivity contribution in [2.45, 2.75) is 12.8 Å². The maximum Gasteiger partial charge on any atom is 0.242 e. The van der Waals surface area contributed by atoms with Crippen molar-refractivity contribution < 1.29 is 19.4 Å². The molecule has 4 aromatic rings. The largest absolute Gasteiger partial charge is 0.503 e. The van der Waals surface area contributed by atoms with Gasteiger partial charge in [0.15, 0.2) is 16.7 Å². The van der Waals surface area contributed by atoms with Crippen molar-refractivity contribution >= 4 is 38.9 Å². The van der Waals surface area contributed by atoms with Crippen molar-refractivity contribution in [1.29, 1.82) is 0 Å². The number of halogens is 2. The minimum absolute atomic E-state index is 0.0687. The van der Waals surface area contributed by atoms with Crippen LogP contribution in [0.3, 0.4) is 0 Å². The second kappa shape index (κ2) is 7.43. The zero-order valence-electron chi connectivity index (χ0n) is 17.2. The highest BCUT2D eigenvalue weighted by Crippen LogP contribution is 2.50. The summed E-state index contributed by atoms with van der Waals surface area (Å²) >= 11 is 7.33. The summed E-state index contributed by atoms with van der Waals surface area (Å²) in [6, 6.07) is 11.2. The molecule has 8 heteroatoms. The summed E-state index contributed by atoms with van der Waals surface area (Å²) < 4.78 is 17.0. The summed E-state index contributed by atoms with van der Waals surface area (Å²) in [4.78, 5) is 18.3. The number of Topliss-reactive ketones (excluding diaryl/α,β-unsaturated/α-hetero) is 1. The van der Waals surface area contributed by atoms with E-state index in [4.69, 9.17) is 11.6 Å². The molecule has 166 valence electrons. The van der Waals surface area contributed by atoms with Gasteiger partial charge >= 0.3 is 0 Å². The standard InChI is InChI=1S/C25H18ClFN2O3S/c26-14-7-8-18-19(11-14)33-25(28-18)29-21(15-3-1-2-4-17(15)27)20(23(31)24(29)32)22(30)16-10-12-5-6-13(16)9-12/h1-8,11-13,16,31-32H,9-10H2. The summed E-state index contributed by atoms with van der Waals surface area (Å²) in [6.45, 7) is 0. The number of nitrogens with zero attached hydrogens (tertiary/aromatic N) is 2. The van der Waals surface area contributed by atoms with Crippen molar-refractivity contribution in [3.63, 3.8) is 0 Å². The van der Waals surface area contributed by atoms with Crippen molar-refractivity contribution in [3.05, 3.63) is 71.0 Å². The lowest BCUT2D eigenvalue weighted by Gasteiger charge is -2.18. The zero-order chi connectivity index (χ0) is 22.9. The maximum atomic E-state index is 15.0. The van der Waals surface area contributed by atoms with Crippen molar-refractivity contribution in [2.75, 3.05) is 0 Å². The average molecular weight is 481 g/mol. The van der Waals surface area contributed by atoms with Crippen LogP contribution in [0.4, 0.5) is 4.39 Å². The van der Waals surface area contributed by atoms with Crippen molar-refractivity contribution in [1.82, 2.24) is 9.55 Å². The molecule has 2 aromatic carbocycles. The van der Waals surface area contributed by atoms with E-state index < -0.39 is 17.4 Å². The van der Waals surface area contributed by atoms with Gasteiger partial charge < -0.3 is 10.2 Å². The number of hydrogen-bond donors (Lipinski definition) is 2. The van der Waals surface area contributed by atoms with Gasteiger partial charge in [0.2, 0.25) is 5.88 Å². The zero-order valence-corrected chi connectivity index (χ0v) is 18.8. The third kappa shape index (κ3) is 3.10. The van der Waals surface area contributed by atoms with Gasteiger partial charge in [0.05, 0.1) is 21.5 Å². The Kier molecular flexibility index (Phi) is 4.61. The number of carbonyl (C=O) groups is 1. The van der Waals surface area contributed by atoms with E-state index in [-0.39, 0.29) is 34.4 Å². The van der Waals surface area contributed by atoms with Gasteiger partial charge in [-0.25, -0.2) is 9.37 Å². The molecule has 2 aromatic heterocycles. The van der Waals surface area contributed by atoms with Gasteiger partial charge in [0.1, 0.15) is 5.82 Å². The number of aromatic hydroxyl groups is 2. The van der Waals surface area contributed by atoms with E-state index in [1.54, 1.807) is 30.3 Å². The first kappa shape index (κ1) is 20.4. The van der Waals surface area contributed by atoms with Crippen LogP contribution in [0.25, 0.3) is 26.6 Å². The predicted octanol–water partition coefficient (Wildman–Crippen LogP) is 6.35. The second-order valence-corrected chi connectivity index (χ2v) is 10.0. The van der Waals surface area contributed by atoms with Crippen molar-refractivity contribution in [2.24, 2.45) is 17.8 Å². The summed E-state index contributed by atoms with van der Waals surface area (Å²) in [5, 5.41) is 22.8. The topological polar surface area (TPSA) is 75.3 Å². The molecule has 6 rings (SSSR count). The number of ketones is 1. The summed E-state index contributed by atoms with van der Waals surface area (Å²) in [7, 11) is 0. The van der Waals surface area contributed by atoms with Gasteiger partial charge in [0.25, 0.3) is 0 Å². The van der Waals surface area contributed by atoms with E-state index in [1.165, 1.54) is 28.0 Å². The van der Waals surface area contributed by atoms with Crippen LogP contribution in [0, 0.1) is 23.6 Å². The first-order chi connectivity index (χ1) is 15.9. The number of fused-ring (bicyclic) bond motifs is 3. The molecular weight excluding hydrogens is 463 g/mol. The summed E-state index contributed by atoms with van der Waals surface area (Å²) in [5.74, 6) is -1.84. The molecule has 2 aliphatic carbocycles. The highest BCUT2D eigenvalue weighted by molar-refractivity contribution is 7.20. The van der Waals surface area contributed by atoms with E-state index in [0.717, 1.165) is 11.1 Å². The highest BCUT2D eigenvalue weighted by atomic mass is 35.5. The third-order valence-electron chi connectivity index (χ3n) is 6.64. The van der Waals surface area contributed by atoms with Crippen LogP contribution < -0.4 is 0 Å². The van der Waals surface area contributed by atoms with Gasteiger partial charge in [-0.2, -0.15) is 0 Å². The number of benzene rings is 2. The fraction of sp³-hybridized carbons (Fsp3) is 0.200. The number of rotatable bonds is 4. The molecule has 2 aliphatic rings. The number of allylic oxidation sites excluding steroid dienone is 2. The second-order valence-electron chi connectivity index (χ2n) is 8.57. The van der Waals surface area contributed by atoms with E-state index in [0.29, 0.717) is 28.0 Å². The van der Waals surface area contributed by atoms with Gasteiger partial charge in [-0.1, -0.05) is 47.2 Å². The molecule has 3 unspecified atom stereocenters. The molecule has 2 N–H and O–H groups in total. The highest BCUT2D eigenvalue weighted by Gasteiger charge is 2.43. The normalized spacial score (nSPS) is 21.3. The van der Waals surface area contributed by atoms with E-state index in [9.17, 15) is 15.0 Å². The van der Waals surface area contributed by atoms with Crippen LogP contribution in [0.15, 0.2) is 54.6 Å². The minimum Gasteiger partial charge on any atom is -0.503 e. The molecule has 0 saturated heterocycles. The molecule has 0 aliphatic heterocycles. The van der Waals surface area contributed by atoms with Crippen LogP contribution in [0.1, 0.15) is 23.2 Å². The SMILES string of the molecule is O=C(c1c(O)c(O)n(-c2nc3ccc(Cl)cc3s2)c1-c1ccccc1F)C1CC2C=CC1C2. The smallest absolute Gasteiger partial charge is 0.242 e. The quantitative estimate of drug-likeness (QED) is 0.263. The summed E-state index contributed by atoms with van der Waals surface area (Å²) in [5.41, 5.74) is 0.774. The molecule has 3 atom stereocenters. The third-order valence-corrected chi connectivity index (χ3v) is 7.88. The van der Waals surface area contributed by atoms with Crippen LogP contribution in [0.5, 0.6) is 11.6 Å². The monoisotopic (exact) mass is 480 g/mol. The van der Waals surface area contributed by atoms with Crippen LogP contribution in [-0.2, 0) is 0 Å². The molecule has 2 bridgehead atoms. The molecule has 0 spiro atoms. The molecule has 33 heavy (non-hydrogen) atoms. The Morgan fingerprint density at radius 3 is 2.70 bits per heavy atom. The molecular formula is C25H18ClFN2O3S. The van der Waals surface area contributed by atoms with E-state index in [1.807, 2.05) is 6.08 Å². The Hall–Kier alpha value is -3.16. The molecule has 2 heterocycles.